The summed E-state index contributed by atoms with van der Waals surface area (Å²) in [6.45, 7) is 8.97. The van der Waals surface area contributed by atoms with Crippen molar-refractivity contribution < 1.29 is 14.6 Å². The van der Waals surface area contributed by atoms with E-state index in [1.807, 2.05) is 24.3 Å². The summed E-state index contributed by atoms with van der Waals surface area (Å²) in [6, 6.07) is 7.99. The van der Waals surface area contributed by atoms with Crippen molar-refractivity contribution in [2.45, 2.75) is 97.7 Å². The zero-order valence-electron chi connectivity index (χ0n) is 21.7. The molecular formula is C26H45N5O3. The maximum atomic E-state index is 9.00. The highest BCUT2D eigenvalue weighted by molar-refractivity contribution is 6.01. The first-order valence-corrected chi connectivity index (χ1v) is 12.5. The SMILES string of the molecule is CC(=O)O.CCCCCCCCCCCN=C1NC(=NCc2ccc(OC)cc2)NC(C)(C)N1. The highest BCUT2D eigenvalue weighted by Gasteiger charge is 2.26. The third-order valence-corrected chi connectivity index (χ3v) is 5.21. The van der Waals surface area contributed by atoms with Gasteiger partial charge in [0.05, 0.1) is 13.7 Å². The summed E-state index contributed by atoms with van der Waals surface area (Å²) in [7, 11) is 1.68. The molecule has 1 saturated heterocycles. The summed E-state index contributed by atoms with van der Waals surface area (Å²) in [5.74, 6) is 1.57. The van der Waals surface area contributed by atoms with E-state index < -0.39 is 5.97 Å². The van der Waals surface area contributed by atoms with E-state index in [0.29, 0.717) is 6.54 Å². The van der Waals surface area contributed by atoms with Gasteiger partial charge in [-0.2, -0.15) is 0 Å². The summed E-state index contributed by atoms with van der Waals surface area (Å²) in [6.07, 6.45) is 11.9. The number of carbonyl (C=O) groups is 1. The molecule has 8 heteroatoms. The monoisotopic (exact) mass is 475 g/mol. The maximum Gasteiger partial charge on any atom is 0.300 e. The lowest BCUT2D eigenvalue weighted by atomic mass is 10.1. The van der Waals surface area contributed by atoms with E-state index in [9.17, 15) is 0 Å². The number of ether oxygens (including phenoxy) is 1. The van der Waals surface area contributed by atoms with Gasteiger partial charge in [0.1, 0.15) is 11.4 Å². The van der Waals surface area contributed by atoms with Crippen molar-refractivity contribution in [1.82, 2.24) is 16.0 Å². The van der Waals surface area contributed by atoms with Gasteiger partial charge in [0, 0.05) is 13.5 Å². The van der Waals surface area contributed by atoms with E-state index in [2.05, 4.69) is 41.7 Å². The Morgan fingerprint density at radius 3 is 1.94 bits per heavy atom. The maximum absolute atomic E-state index is 9.00. The number of nitrogens with one attached hydrogen (secondary N) is 3. The van der Waals surface area contributed by atoms with Crippen LogP contribution in [0.25, 0.3) is 0 Å². The van der Waals surface area contributed by atoms with Gasteiger partial charge >= 0.3 is 0 Å². The second-order valence-electron chi connectivity index (χ2n) is 9.09. The Balaban J connectivity index is 0.00000133. The van der Waals surface area contributed by atoms with Crippen molar-refractivity contribution in [3.63, 3.8) is 0 Å². The Kier molecular flexibility index (Phi) is 14.4. The quantitative estimate of drug-likeness (QED) is 0.298. The van der Waals surface area contributed by atoms with Crippen LogP contribution in [0, 0.1) is 0 Å². The van der Waals surface area contributed by atoms with Crippen LogP contribution in [-0.4, -0.2) is 42.3 Å². The smallest absolute Gasteiger partial charge is 0.300 e. The Morgan fingerprint density at radius 2 is 1.41 bits per heavy atom. The molecule has 1 fully saturated rings. The third-order valence-electron chi connectivity index (χ3n) is 5.21. The van der Waals surface area contributed by atoms with Crippen LogP contribution in [0.2, 0.25) is 0 Å². The van der Waals surface area contributed by atoms with E-state index in [4.69, 9.17) is 19.6 Å². The molecular weight excluding hydrogens is 430 g/mol. The molecule has 1 aliphatic heterocycles. The topological polar surface area (TPSA) is 107 Å². The van der Waals surface area contributed by atoms with Crippen LogP contribution in [0.4, 0.5) is 0 Å². The number of carboxylic acids is 1. The van der Waals surface area contributed by atoms with Crippen molar-refractivity contribution in [3.05, 3.63) is 29.8 Å². The van der Waals surface area contributed by atoms with Crippen LogP contribution < -0.4 is 20.7 Å². The summed E-state index contributed by atoms with van der Waals surface area (Å²) in [5, 5.41) is 17.5. The van der Waals surface area contributed by atoms with Crippen molar-refractivity contribution in [2.24, 2.45) is 9.98 Å². The molecule has 0 atom stereocenters. The third kappa shape index (κ3) is 14.4. The number of carboxylic acid groups (broad SMARTS) is 1. The van der Waals surface area contributed by atoms with Gasteiger partial charge in [0.25, 0.3) is 5.97 Å². The molecule has 34 heavy (non-hydrogen) atoms. The summed E-state index contributed by atoms with van der Waals surface area (Å²) in [4.78, 5) is 18.4. The fraction of sp³-hybridized carbons (Fsp3) is 0.654. The van der Waals surface area contributed by atoms with Crippen LogP contribution in [0.15, 0.2) is 34.3 Å². The summed E-state index contributed by atoms with van der Waals surface area (Å²) < 4.78 is 5.21. The average molecular weight is 476 g/mol. The normalized spacial score (nSPS) is 16.6. The fourth-order valence-electron chi connectivity index (χ4n) is 3.47. The van der Waals surface area contributed by atoms with Crippen LogP contribution in [0.3, 0.4) is 0 Å². The van der Waals surface area contributed by atoms with Gasteiger partial charge in [-0.15, -0.1) is 0 Å². The molecule has 0 unspecified atom stereocenters. The molecule has 0 spiro atoms. The highest BCUT2D eigenvalue weighted by Crippen LogP contribution is 2.12. The molecule has 8 nitrogen and oxygen atoms in total. The first-order chi connectivity index (χ1) is 16.3. The zero-order chi connectivity index (χ0) is 25.2. The summed E-state index contributed by atoms with van der Waals surface area (Å²) >= 11 is 0. The largest absolute Gasteiger partial charge is 0.497 e. The lowest BCUT2D eigenvalue weighted by Crippen LogP contribution is -2.68. The molecule has 0 aliphatic carbocycles. The highest BCUT2D eigenvalue weighted by atomic mass is 16.5. The van der Waals surface area contributed by atoms with E-state index in [-0.39, 0.29) is 5.66 Å². The van der Waals surface area contributed by atoms with Crippen molar-refractivity contribution in [3.8, 4) is 5.75 Å². The Hall–Kier alpha value is -2.77. The van der Waals surface area contributed by atoms with Crippen molar-refractivity contribution >= 4 is 17.9 Å². The predicted octanol–water partition coefficient (Wildman–Crippen LogP) is 5.05. The predicted molar refractivity (Wildman–Crippen MR) is 140 cm³/mol. The van der Waals surface area contributed by atoms with Gasteiger partial charge in [-0.25, -0.2) is 4.99 Å². The van der Waals surface area contributed by atoms with E-state index in [1.165, 1.54) is 51.4 Å². The number of methoxy groups -OCH3 is 1. The lowest BCUT2D eigenvalue weighted by molar-refractivity contribution is -0.134. The van der Waals surface area contributed by atoms with E-state index in [1.54, 1.807) is 7.11 Å². The van der Waals surface area contributed by atoms with Crippen LogP contribution in [-0.2, 0) is 11.3 Å². The first kappa shape index (κ1) is 29.3. The minimum absolute atomic E-state index is 0.290. The van der Waals surface area contributed by atoms with Gasteiger partial charge in [-0.3, -0.25) is 15.1 Å². The van der Waals surface area contributed by atoms with Crippen molar-refractivity contribution in [2.75, 3.05) is 13.7 Å². The molecule has 1 aromatic rings. The van der Waals surface area contributed by atoms with Gasteiger partial charge in [-0.05, 0) is 38.0 Å². The fourth-order valence-corrected chi connectivity index (χ4v) is 3.47. The van der Waals surface area contributed by atoms with Gasteiger partial charge < -0.3 is 20.5 Å². The Labute approximate surface area is 205 Å². The molecule has 1 aliphatic rings. The molecule has 4 N–H and O–H groups in total. The second-order valence-corrected chi connectivity index (χ2v) is 9.09. The van der Waals surface area contributed by atoms with Crippen molar-refractivity contribution in [1.29, 1.82) is 0 Å². The Morgan fingerprint density at radius 1 is 0.912 bits per heavy atom. The molecule has 2 rings (SSSR count). The van der Waals surface area contributed by atoms with Crippen LogP contribution in [0.1, 0.15) is 91.0 Å². The lowest BCUT2D eigenvalue weighted by Gasteiger charge is -2.36. The first-order valence-electron chi connectivity index (χ1n) is 12.5. The number of benzene rings is 1. The average Bonchev–Trinajstić information content (AvgIpc) is 2.78. The molecule has 0 amide bonds. The standard InChI is InChI=1S/C24H41N5O.C2H4O2/c1-5-6-7-8-9-10-11-12-13-18-25-22-27-23(29-24(2,3)28-22)26-19-20-14-16-21(30-4)17-15-20;1-2(3)4/h14-17H,5-13,18-19H2,1-4H3,(H3,25,26,27,28,29);1H3,(H,3,4). The Bertz CT molecular complexity index is 756. The number of nitrogens with zero attached hydrogens (tertiary/aromatic N) is 2. The summed E-state index contributed by atoms with van der Waals surface area (Å²) in [5.41, 5.74) is 0.845. The number of aliphatic imine (C=N–C) groups is 2. The zero-order valence-corrected chi connectivity index (χ0v) is 21.7. The van der Waals surface area contributed by atoms with Crippen LogP contribution >= 0.6 is 0 Å². The van der Waals surface area contributed by atoms with Gasteiger partial charge in [-0.1, -0.05) is 70.4 Å². The van der Waals surface area contributed by atoms with E-state index in [0.717, 1.165) is 43.1 Å². The number of rotatable bonds is 13. The number of hydrogen-bond acceptors (Lipinski definition) is 4. The van der Waals surface area contributed by atoms with Crippen LogP contribution in [0.5, 0.6) is 5.75 Å². The van der Waals surface area contributed by atoms with Gasteiger partial charge in [0.2, 0.25) is 0 Å². The molecule has 0 saturated carbocycles. The number of aliphatic carboxylic acids is 1. The number of guanidine groups is 2. The van der Waals surface area contributed by atoms with E-state index >= 15 is 0 Å². The second kappa shape index (κ2) is 16.8. The molecule has 0 bridgehead atoms. The molecule has 1 heterocycles. The molecule has 1 aromatic carbocycles. The molecule has 192 valence electrons. The minimum Gasteiger partial charge on any atom is -0.497 e. The number of hydrogen-bond donors (Lipinski definition) is 4. The minimum atomic E-state index is -0.833. The number of unbranched alkanes of at least 4 members (excludes halogenated alkanes) is 8. The van der Waals surface area contributed by atoms with Gasteiger partial charge in [0.15, 0.2) is 11.9 Å². The molecule has 0 radical (unpaired) electrons. The molecule has 0 aromatic heterocycles.